The summed E-state index contributed by atoms with van der Waals surface area (Å²) in [5, 5.41) is 12.1. The van der Waals surface area contributed by atoms with Crippen molar-refractivity contribution in [1.29, 1.82) is 0 Å². The maximum atomic E-state index is 12.0. The molecule has 0 aliphatic carbocycles. The van der Waals surface area contributed by atoms with E-state index in [4.69, 9.17) is 0 Å². The Morgan fingerprint density at radius 1 is 1.35 bits per heavy atom. The van der Waals surface area contributed by atoms with Crippen molar-refractivity contribution in [3.63, 3.8) is 0 Å². The first-order valence-corrected chi connectivity index (χ1v) is 7.38. The summed E-state index contributed by atoms with van der Waals surface area (Å²) in [6.45, 7) is -0.161. The van der Waals surface area contributed by atoms with Crippen LogP contribution >= 0.6 is 27.7 Å². The number of amides is 2. The molecule has 1 aromatic carbocycles. The molecular formula is C12H10BrN2O4S-. The third-order valence-electron chi connectivity index (χ3n) is 2.61. The summed E-state index contributed by atoms with van der Waals surface area (Å²) in [7, 11) is 0. The number of benzene rings is 1. The van der Waals surface area contributed by atoms with Crippen LogP contribution in [0.4, 0.5) is 10.5 Å². The van der Waals surface area contributed by atoms with E-state index in [2.05, 4.69) is 21.2 Å². The zero-order valence-electron chi connectivity index (χ0n) is 10.2. The highest BCUT2D eigenvalue weighted by Gasteiger charge is 2.39. The van der Waals surface area contributed by atoms with Crippen LogP contribution < -0.4 is 10.4 Å². The minimum atomic E-state index is -1.29. The molecule has 106 valence electrons. The summed E-state index contributed by atoms with van der Waals surface area (Å²) >= 11 is 4.13. The summed E-state index contributed by atoms with van der Waals surface area (Å²) in [4.78, 5) is 35.0. The number of imide groups is 1. The fourth-order valence-corrected chi connectivity index (χ4v) is 2.84. The molecule has 1 aromatic rings. The number of hydrogen-bond acceptors (Lipinski definition) is 6. The molecule has 0 radical (unpaired) electrons. The van der Waals surface area contributed by atoms with Crippen LogP contribution in [0.3, 0.4) is 0 Å². The average molecular weight is 358 g/mol. The fourth-order valence-electron chi connectivity index (χ4n) is 1.64. The van der Waals surface area contributed by atoms with Gasteiger partial charge in [0.25, 0.3) is 11.1 Å². The molecule has 1 heterocycles. The normalized spacial score (nSPS) is 18.4. The lowest BCUT2D eigenvalue weighted by Gasteiger charge is -2.15. The summed E-state index contributed by atoms with van der Waals surface area (Å²) in [5.74, 6) is -1.73. The maximum absolute atomic E-state index is 12.0. The first kappa shape index (κ1) is 14.9. The van der Waals surface area contributed by atoms with Crippen LogP contribution in [0, 0.1) is 0 Å². The van der Waals surface area contributed by atoms with Crippen LogP contribution in [0.5, 0.6) is 0 Å². The molecule has 1 N–H and O–H groups in total. The van der Waals surface area contributed by atoms with Crippen molar-refractivity contribution >= 4 is 50.5 Å². The zero-order valence-corrected chi connectivity index (χ0v) is 12.6. The Morgan fingerprint density at radius 3 is 2.60 bits per heavy atom. The Balaban J connectivity index is 2.00. The average Bonchev–Trinajstić information content (AvgIpc) is 2.65. The Hall–Kier alpha value is -1.54. The largest absolute Gasteiger partial charge is 0.550 e. The minimum Gasteiger partial charge on any atom is -0.550 e. The van der Waals surface area contributed by atoms with Gasteiger partial charge >= 0.3 is 0 Å². The third-order valence-corrected chi connectivity index (χ3v) is 4.12. The molecule has 0 aromatic heterocycles. The molecule has 0 bridgehead atoms. The van der Waals surface area contributed by atoms with Gasteiger partial charge in [0.05, 0.1) is 0 Å². The number of nitrogens with one attached hydrogen (secondary N) is 1. The zero-order chi connectivity index (χ0) is 14.7. The van der Waals surface area contributed by atoms with Crippen LogP contribution in [0.25, 0.3) is 0 Å². The number of carboxylic acid groups (broad SMARTS) is 1. The Labute approximate surface area is 127 Å². The predicted octanol–water partition coefficient (Wildman–Crippen LogP) is 1.02. The topological polar surface area (TPSA) is 89.5 Å². The molecule has 1 aliphatic rings. The van der Waals surface area contributed by atoms with Crippen LogP contribution in [0.1, 0.15) is 6.42 Å². The number of aliphatic carboxylic acids is 1. The highest BCUT2D eigenvalue weighted by Crippen LogP contribution is 2.28. The number of halogens is 1. The second-order valence-electron chi connectivity index (χ2n) is 4.03. The van der Waals surface area contributed by atoms with Crippen molar-refractivity contribution in [3.8, 4) is 0 Å². The third kappa shape index (κ3) is 3.51. The van der Waals surface area contributed by atoms with E-state index in [1.807, 2.05) is 12.1 Å². The summed E-state index contributed by atoms with van der Waals surface area (Å²) < 4.78 is 0.903. The van der Waals surface area contributed by atoms with Gasteiger partial charge in [-0.2, -0.15) is 0 Å². The molecule has 1 fully saturated rings. The Bertz CT molecular complexity index is 549. The monoisotopic (exact) mass is 357 g/mol. The molecule has 2 rings (SSSR count). The molecule has 8 heteroatoms. The summed E-state index contributed by atoms with van der Waals surface area (Å²) in [6.07, 6.45) is -0.358. The minimum absolute atomic E-state index is 0.161. The van der Waals surface area contributed by atoms with Crippen molar-refractivity contribution in [2.24, 2.45) is 0 Å². The molecule has 1 saturated heterocycles. The van der Waals surface area contributed by atoms with E-state index in [0.717, 1.165) is 21.1 Å². The molecule has 0 unspecified atom stereocenters. The Kier molecular flexibility index (Phi) is 4.66. The number of carbonyl (C=O) groups is 3. The van der Waals surface area contributed by atoms with E-state index in [-0.39, 0.29) is 13.0 Å². The Morgan fingerprint density at radius 2 is 2.00 bits per heavy atom. The van der Waals surface area contributed by atoms with Gasteiger partial charge < -0.3 is 15.2 Å². The molecule has 2 amide bonds. The van der Waals surface area contributed by atoms with Crippen LogP contribution in [-0.4, -0.2) is 33.9 Å². The van der Waals surface area contributed by atoms with Crippen molar-refractivity contribution < 1.29 is 19.5 Å². The van der Waals surface area contributed by atoms with Gasteiger partial charge in [-0.3, -0.25) is 14.5 Å². The van der Waals surface area contributed by atoms with Gasteiger partial charge in [0.2, 0.25) is 0 Å². The van der Waals surface area contributed by atoms with Gasteiger partial charge in [0, 0.05) is 29.1 Å². The quantitative estimate of drug-likeness (QED) is 0.846. The van der Waals surface area contributed by atoms with Gasteiger partial charge in [-0.05, 0) is 36.0 Å². The summed E-state index contributed by atoms with van der Waals surface area (Å²) in [6, 6.07) is 7.16. The fraction of sp³-hybridized carbons (Fsp3) is 0.250. The SMILES string of the molecule is O=C([O-])CCN1C(=O)S[C@H](Nc2ccc(Br)cc2)C1=O. The standard InChI is InChI=1S/C12H11BrN2O4S/c13-7-1-3-8(4-2-7)14-10-11(18)15(12(19)20-10)6-5-9(16)17/h1-4,10,14H,5-6H2,(H,16,17)/p-1/t10-/m0/s1. The summed E-state index contributed by atoms with van der Waals surface area (Å²) in [5.41, 5.74) is 0.702. The number of hydrogen-bond donors (Lipinski definition) is 1. The van der Waals surface area contributed by atoms with E-state index in [0.29, 0.717) is 5.69 Å². The lowest BCUT2D eigenvalue weighted by Crippen LogP contribution is -2.37. The number of nitrogens with zero attached hydrogens (tertiary/aromatic N) is 1. The molecule has 0 spiro atoms. The van der Waals surface area contributed by atoms with E-state index < -0.39 is 22.5 Å². The maximum Gasteiger partial charge on any atom is 0.290 e. The first-order chi connectivity index (χ1) is 9.47. The number of rotatable bonds is 5. The number of anilines is 1. The van der Waals surface area contributed by atoms with Crippen molar-refractivity contribution in [1.82, 2.24) is 4.90 Å². The highest BCUT2D eigenvalue weighted by molar-refractivity contribution is 9.10. The smallest absolute Gasteiger partial charge is 0.290 e. The van der Waals surface area contributed by atoms with Gasteiger partial charge in [-0.1, -0.05) is 15.9 Å². The molecular weight excluding hydrogens is 348 g/mol. The molecule has 6 nitrogen and oxygen atoms in total. The van der Waals surface area contributed by atoms with Gasteiger partial charge in [-0.25, -0.2) is 0 Å². The van der Waals surface area contributed by atoms with Crippen LogP contribution in [0.15, 0.2) is 28.7 Å². The van der Waals surface area contributed by atoms with E-state index in [9.17, 15) is 19.5 Å². The number of carboxylic acids is 1. The molecule has 1 atom stereocenters. The highest BCUT2D eigenvalue weighted by atomic mass is 79.9. The van der Waals surface area contributed by atoms with Gasteiger partial charge in [0.15, 0.2) is 5.37 Å². The van der Waals surface area contributed by atoms with Crippen molar-refractivity contribution in [2.75, 3.05) is 11.9 Å². The van der Waals surface area contributed by atoms with Gasteiger partial charge in [-0.15, -0.1) is 0 Å². The second kappa shape index (κ2) is 6.27. The lowest BCUT2D eigenvalue weighted by atomic mass is 10.3. The van der Waals surface area contributed by atoms with Gasteiger partial charge in [0.1, 0.15) is 0 Å². The van der Waals surface area contributed by atoms with Crippen molar-refractivity contribution in [2.45, 2.75) is 11.8 Å². The number of thioether (sulfide) groups is 1. The predicted molar refractivity (Wildman–Crippen MR) is 75.9 cm³/mol. The van der Waals surface area contributed by atoms with E-state index >= 15 is 0 Å². The first-order valence-electron chi connectivity index (χ1n) is 5.71. The van der Waals surface area contributed by atoms with Crippen molar-refractivity contribution in [3.05, 3.63) is 28.7 Å². The van der Waals surface area contributed by atoms with Crippen LogP contribution in [0.2, 0.25) is 0 Å². The van der Waals surface area contributed by atoms with Crippen LogP contribution in [-0.2, 0) is 9.59 Å². The molecule has 1 aliphatic heterocycles. The van der Waals surface area contributed by atoms with E-state index in [1.54, 1.807) is 12.1 Å². The molecule has 0 saturated carbocycles. The van der Waals surface area contributed by atoms with E-state index in [1.165, 1.54) is 0 Å². The lowest BCUT2D eigenvalue weighted by molar-refractivity contribution is -0.305. The second-order valence-corrected chi connectivity index (χ2v) is 6.00. The molecule has 20 heavy (non-hydrogen) atoms. The number of carbonyl (C=O) groups excluding carboxylic acids is 3.